The average molecular weight is 498 g/mol. The van der Waals surface area contributed by atoms with Gasteiger partial charge in [0.15, 0.2) is 9.84 Å². The Morgan fingerprint density at radius 1 is 1.00 bits per heavy atom. The van der Waals surface area contributed by atoms with Gasteiger partial charge in [-0.1, -0.05) is 12.1 Å². The maximum atomic E-state index is 13.6. The predicted octanol–water partition coefficient (Wildman–Crippen LogP) is 4.36. The van der Waals surface area contributed by atoms with Gasteiger partial charge in [-0.05, 0) is 73.6 Å². The summed E-state index contributed by atoms with van der Waals surface area (Å²) in [5.74, 6) is -1.70. The first-order valence-electron chi connectivity index (χ1n) is 11.2. The van der Waals surface area contributed by atoms with Gasteiger partial charge in [0.05, 0.1) is 10.9 Å². The number of amides is 1. The van der Waals surface area contributed by atoms with E-state index in [0.717, 1.165) is 42.7 Å². The van der Waals surface area contributed by atoms with Gasteiger partial charge >= 0.3 is 6.61 Å². The molecule has 10 heteroatoms. The van der Waals surface area contributed by atoms with Crippen molar-refractivity contribution < 1.29 is 35.9 Å². The Morgan fingerprint density at radius 3 is 2.18 bits per heavy atom. The number of sulfone groups is 1. The molecule has 2 aromatic carbocycles. The molecule has 2 fully saturated rings. The van der Waals surface area contributed by atoms with Gasteiger partial charge in [0.25, 0.3) is 0 Å². The number of hydrogen-bond acceptors (Lipinski definition) is 5. The molecule has 0 spiro atoms. The zero-order chi connectivity index (χ0) is 24.3. The Balaban J connectivity index is 1.64. The van der Waals surface area contributed by atoms with Crippen molar-refractivity contribution in [2.75, 3.05) is 19.0 Å². The Bertz CT molecular complexity index is 1080. The van der Waals surface area contributed by atoms with Crippen LogP contribution in [0.1, 0.15) is 37.3 Å². The van der Waals surface area contributed by atoms with Crippen LogP contribution in [-0.2, 0) is 19.4 Å². The molecule has 0 bridgehead atoms. The number of halogens is 3. The molecule has 2 aromatic rings. The summed E-state index contributed by atoms with van der Waals surface area (Å²) in [5.41, 5.74) is 0.739. The number of ether oxygens (including phenoxy) is 2. The molecule has 184 valence electrons. The second-order valence-electron chi connectivity index (χ2n) is 8.59. The van der Waals surface area contributed by atoms with Crippen LogP contribution in [0, 0.1) is 11.7 Å². The molecule has 1 aliphatic heterocycles. The molecule has 1 atom stereocenters. The highest BCUT2D eigenvalue weighted by Gasteiger charge is 2.42. The van der Waals surface area contributed by atoms with Gasteiger partial charge in [0.2, 0.25) is 5.91 Å². The summed E-state index contributed by atoms with van der Waals surface area (Å²) in [6.07, 6.45) is 2.88. The van der Waals surface area contributed by atoms with Crippen molar-refractivity contribution in [1.82, 2.24) is 4.90 Å². The molecule has 1 unspecified atom stereocenters. The minimum Gasteiger partial charge on any atom is -0.435 e. The zero-order valence-electron chi connectivity index (χ0n) is 18.4. The molecule has 1 amide bonds. The Hall–Kier alpha value is -2.59. The zero-order valence-corrected chi connectivity index (χ0v) is 19.2. The Kier molecular flexibility index (Phi) is 7.47. The molecule has 1 saturated heterocycles. The van der Waals surface area contributed by atoms with Crippen molar-refractivity contribution in [3.63, 3.8) is 0 Å². The van der Waals surface area contributed by atoms with E-state index in [4.69, 9.17) is 4.74 Å². The lowest BCUT2D eigenvalue weighted by Crippen LogP contribution is -2.48. The molecule has 0 N–H and O–H groups in total. The van der Waals surface area contributed by atoms with Gasteiger partial charge in [-0.15, -0.1) is 0 Å². The van der Waals surface area contributed by atoms with Crippen LogP contribution in [0.3, 0.4) is 0 Å². The van der Waals surface area contributed by atoms with E-state index in [1.807, 2.05) is 0 Å². The van der Waals surface area contributed by atoms with E-state index in [-0.39, 0.29) is 28.6 Å². The van der Waals surface area contributed by atoms with Crippen LogP contribution < -0.4 is 4.74 Å². The summed E-state index contributed by atoms with van der Waals surface area (Å²) in [6.45, 7) is -2.03. The van der Waals surface area contributed by atoms with E-state index in [1.54, 1.807) is 17.0 Å². The highest BCUT2D eigenvalue weighted by atomic mass is 32.2. The molecule has 1 aliphatic carbocycles. The monoisotopic (exact) mass is 497 g/mol. The molecule has 0 aromatic heterocycles. The standard InChI is InChI=1S/C24H26F3NO5S/c25-18-5-9-21(10-6-18)34(30,31)15-22(29)28(19-11-13-32-14-12-19)23(16-1-2-16)17-3-7-20(8-4-17)33-24(26)27/h3-10,16,19,23-24H,1-2,11-15H2. The van der Waals surface area contributed by atoms with E-state index in [9.17, 15) is 26.4 Å². The van der Waals surface area contributed by atoms with E-state index in [0.29, 0.717) is 26.1 Å². The van der Waals surface area contributed by atoms with Gasteiger partial charge in [-0.2, -0.15) is 8.78 Å². The topological polar surface area (TPSA) is 72.9 Å². The lowest BCUT2D eigenvalue weighted by atomic mass is 9.96. The maximum Gasteiger partial charge on any atom is 0.387 e. The molecule has 34 heavy (non-hydrogen) atoms. The fourth-order valence-corrected chi connectivity index (χ4v) is 5.62. The van der Waals surface area contributed by atoms with Crippen LogP contribution in [0.25, 0.3) is 0 Å². The second kappa shape index (κ2) is 10.4. The van der Waals surface area contributed by atoms with Crippen LogP contribution >= 0.6 is 0 Å². The highest BCUT2D eigenvalue weighted by Crippen LogP contribution is 2.46. The summed E-state index contributed by atoms with van der Waals surface area (Å²) in [4.78, 5) is 15.1. The summed E-state index contributed by atoms with van der Waals surface area (Å²) in [7, 11) is -3.99. The van der Waals surface area contributed by atoms with Crippen LogP contribution in [0.4, 0.5) is 13.2 Å². The smallest absolute Gasteiger partial charge is 0.387 e. The number of carbonyl (C=O) groups excluding carboxylic acids is 1. The molecule has 1 saturated carbocycles. The number of benzene rings is 2. The lowest BCUT2D eigenvalue weighted by Gasteiger charge is -2.40. The van der Waals surface area contributed by atoms with Crippen LogP contribution in [0.15, 0.2) is 53.4 Å². The average Bonchev–Trinajstić information content (AvgIpc) is 3.63. The normalized spacial score (nSPS) is 18.0. The number of alkyl halides is 2. The summed E-state index contributed by atoms with van der Waals surface area (Å²) in [6, 6.07) is 9.94. The number of nitrogens with zero attached hydrogens (tertiary/aromatic N) is 1. The summed E-state index contributed by atoms with van der Waals surface area (Å²) in [5, 5.41) is 0. The van der Waals surface area contributed by atoms with Crippen molar-refractivity contribution in [2.24, 2.45) is 5.92 Å². The molecule has 2 aliphatic rings. The molecule has 4 rings (SSSR count). The minimum atomic E-state index is -3.99. The first kappa shape index (κ1) is 24.5. The molecule has 6 nitrogen and oxygen atoms in total. The van der Waals surface area contributed by atoms with E-state index in [2.05, 4.69) is 4.74 Å². The molecular formula is C24H26F3NO5S. The van der Waals surface area contributed by atoms with Crippen LogP contribution in [0.5, 0.6) is 5.75 Å². The first-order valence-corrected chi connectivity index (χ1v) is 12.8. The number of carbonyl (C=O) groups is 1. The van der Waals surface area contributed by atoms with E-state index < -0.39 is 33.9 Å². The molecule has 1 heterocycles. The fraction of sp³-hybridized carbons (Fsp3) is 0.458. The number of rotatable bonds is 9. The van der Waals surface area contributed by atoms with Crippen LogP contribution in [-0.4, -0.2) is 50.8 Å². The van der Waals surface area contributed by atoms with Crippen LogP contribution in [0.2, 0.25) is 0 Å². The van der Waals surface area contributed by atoms with E-state index in [1.165, 1.54) is 12.1 Å². The Morgan fingerprint density at radius 2 is 1.62 bits per heavy atom. The molecular weight excluding hydrogens is 471 g/mol. The van der Waals surface area contributed by atoms with Crippen molar-refractivity contribution in [1.29, 1.82) is 0 Å². The van der Waals surface area contributed by atoms with Gasteiger partial charge in [0.1, 0.15) is 17.3 Å². The lowest BCUT2D eigenvalue weighted by molar-refractivity contribution is -0.136. The van der Waals surface area contributed by atoms with Crippen molar-refractivity contribution in [3.8, 4) is 5.75 Å². The van der Waals surface area contributed by atoms with E-state index >= 15 is 0 Å². The SMILES string of the molecule is O=C(CS(=O)(=O)c1ccc(F)cc1)N(C1CCOCC1)C(c1ccc(OC(F)F)cc1)C1CC1. The second-order valence-corrected chi connectivity index (χ2v) is 10.6. The van der Waals surface area contributed by atoms with Gasteiger partial charge in [0, 0.05) is 19.3 Å². The maximum absolute atomic E-state index is 13.6. The largest absolute Gasteiger partial charge is 0.435 e. The quantitative estimate of drug-likeness (QED) is 0.482. The number of hydrogen-bond donors (Lipinski definition) is 0. The van der Waals surface area contributed by atoms with Crippen molar-refractivity contribution in [2.45, 2.75) is 49.3 Å². The molecule has 0 radical (unpaired) electrons. The van der Waals surface area contributed by atoms with Gasteiger partial charge in [-0.25, -0.2) is 12.8 Å². The fourth-order valence-electron chi connectivity index (χ4n) is 4.43. The first-order chi connectivity index (χ1) is 16.2. The van der Waals surface area contributed by atoms with Crippen molar-refractivity contribution in [3.05, 3.63) is 59.9 Å². The third-order valence-electron chi connectivity index (χ3n) is 6.17. The predicted molar refractivity (Wildman–Crippen MR) is 118 cm³/mol. The third-order valence-corrected chi connectivity index (χ3v) is 7.79. The minimum absolute atomic E-state index is 0.0103. The highest BCUT2D eigenvalue weighted by molar-refractivity contribution is 7.92. The van der Waals surface area contributed by atoms with Gasteiger partial charge < -0.3 is 14.4 Å². The summed E-state index contributed by atoms with van der Waals surface area (Å²) < 4.78 is 74.1. The Labute approximate surface area is 196 Å². The van der Waals surface area contributed by atoms with Crippen molar-refractivity contribution >= 4 is 15.7 Å². The van der Waals surface area contributed by atoms with Gasteiger partial charge in [-0.3, -0.25) is 4.79 Å². The summed E-state index contributed by atoms with van der Waals surface area (Å²) >= 11 is 0. The third kappa shape index (κ3) is 5.90.